The molecule has 1 aromatic heterocycles. The van der Waals surface area contributed by atoms with Crippen molar-refractivity contribution in [2.75, 3.05) is 0 Å². The van der Waals surface area contributed by atoms with Gasteiger partial charge in [0.1, 0.15) is 0 Å². The normalized spacial score (nSPS) is 21.5. The standard InChI is InChI=1S/C10H16N2O/c1-10(13,5-8-3-4-8)9-6-11-12(2)7-9/h6-8,13H,3-5H2,1-2H3. The molecule has 1 fully saturated rings. The first-order valence-electron chi connectivity index (χ1n) is 4.79. The molecule has 1 aromatic rings. The molecule has 1 saturated carbocycles. The highest BCUT2D eigenvalue weighted by Crippen LogP contribution is 2.40. The maximum absolute atomic E-state index is 10.2. The van der Waals surface area contributed by atoms with Crippen LogP contribution in [-0.2, 0) is 12.6 Å². The Morgan fingerprint density at radius 2 is 2.38 bits per heavy atom. The molecule has 3 heteroatoms. The lowest BCUT2D eigenvalue weighted by Crippen LogP contribution is -2.21. The van der Waals surface area contributed by atoms with Crippen LogP contribution in [0.2, 0.25) is 0 Å². The van der Waals surface area contributed by atoms with Crippen molar-refractivity contribution < 1.29 is 5.11 Å². The first kappa shape index (κ1) is 8.75. The largest absolute Gasteiger partial charge is 0.385 e. The van der Waals surface area contributed by atoms with E-state index in [1.807, 2.05) is 20.2 Å². The quantitative estimate of drug-likeness (QED) is 0.764. The van der Waals surface area contributed by atoms with Crippen LogP contribution in [0.15, 0.2) is 12.4 Å². The molecule has 0 spiro atoms. The molecule has 1 unspecified atom stereocenters. The molecule has 72 valence electrons. The molecule has 1 N–H and O–H groups in total. The van der Waals surface area contributed by atoms with E-state index in [4.69, 9.17) is 0 Å². The van der Waals surface area contributed by atoms with Crippen LogP contribution in [0.3, 0.4) is 0 Å². The smallest absolute Gasteiger partial charge is 0.0901 e. The zero-order valence-corrected chi connectivity index (χ0v) is 8.20. The molecular weight excluding hydrogens is 164 g/mol. The molecule has 13 heavy (non-hydrogen) atoms. The van der Waals surface area contributed by atoms with E-state index in [2.05, 4.69) is 5.10 Å². The van der Waals surface area contributed by atoms with Crippen LogP contribution in [0.1, 0.15) is 31.7 Å². The summed E-state index contributed by atoms with van der Waals surface area (Å²) in [6.45, 7) is 1.88. The van der Waals surface area contributed by atoms with Crippen molar-refractivity contribution in [3.8, 4) is 0 Å². The first-order chi connectivity index (χ1) is 6.08. The van der Waals surface area contributed by atoms with Crippen LogP contribution in [0.4, 0.5) is 0 Å². The molecule has 0 aliphatic heterocycles. The third-order valence-corrected chi connectivity index (χ3v) is 2.71. The van der Waals surface area contributed by atoms with Crippen LogP contribution >= 0.6 is 0 Å². The molecule has 0 bridgehead atoms. The maximum atomic E-state index is 10.2. The van der Waals surface area contributed by atoms with E-state index in [-0.39, 0.29) is 0 Å². The van der Waals surface area contributed by atoms with Gasteiger partial charge in [-0.3, -0.25) is 4.68 Å². The predicted octanol–water partition coefficient (Wildman–Crippen LogP) is 1.43. The Morgan fingerprint density at radius 1 is 1.69 bits per heavy atom. The molecule has 1 aliphatic carbocycles. The number of hydrogen-bond donors (Lipinski definition) is 1. The third-order valence-electron chi connectivity index (χ3n) is 2.71. The van der Waals surface area contributed by atoms with Crippen molar-refractivity contribution in [2.24, 2.45) is 13.0 Å². The number of aliphatic hydroxyl groups is 1. The van der Waals surface area contributed by atoms with E-state index in [1.165, 1.54) is 12.8 Å². The minimum absolute atomic E-state index is 0.685. The summed E-state index contributed by atoms with van der Waals surface area (Å²) < 4.78 is 1.73. The van der Waals surface area contributed by atoms with Gasteiger partial charge in [0.05, 0.1) is 11.8 Å². The molecule has 0 aromatic carbocycles. The van der Waals surface area contributed by atoms with Crippen molar-refractivity contribution >= 4 is 0 Å². The Hall–Kier alpha value is -0.830. The third kappa shape index (κ3) is 1.91. The average Bonchev–Trinajstić information content (AvgIpc) is 2.70. The second-order valence-electron chi connectivity index (χ2n) is 4.32. The molecule has 0 saturated heterocycles. The summed E-state index contributed by atoms with van der Waals surface area (Å²) in [7, 11) is 1.87. The number of aromatic nitrogens is 2. The lowest BCUT2D eigenvalue weighted by molar-refractivity contribution is 0.0417. The van der Waals surface area contributed by atoms with Crippen molar-refractivity contribution in [1.82, 2.24) is 9.78 Å². The van der Waals surface area contributed by atoms with E-state index in [0.29, 0.717) is 0 Å². The Labute approximate surface area is 78.4 Å². The fourth-order valence-electron chi connectivity index (χ4n) is 1.70. The highest BCUT2D eigenvalue weighted by atomic mass is 16.3. The second kappa shape index (κ2) is 2.84. The van der Waals surface area contributed by atoms with Gasteiger partial charge in [0.15, 0.2) is 0 Å². The van der Waals surface area contributed by atoms with Crippen molar-refractivity contribution in [2.45, 2.75) is 31.8 Å². The second-order valence-corrected chi connectivity index (χ2v) is 4.32. The summed E-state index contributed by atoms with van der Waals surface area (Å²) in [6.07, 6.45) is 7.07. The van der Waals surface area contributed by atoms with E-state index in [1.54, 1.807) is 10.9 Å². The van der Waals surface area contributed by atoms with Gasteiger partial charge in [-0.1, -0.05) is 12.8 Å². The SMILES string of the molecule is Cn1cc(C(C)(O)CC2CC2)cn1. The molecule has 3 nitrogen and oxygen atoms in total. The van der Waals surface area contributed by atoms with Crippen LogP contribution < -0.4 is 0 Å². The van der Waals surface area contributed by atoms with E-state index in [9.17, 15) is 5.11 Å². The van der Waals surface area contributed by atoms with Gasteiger partial charge in [-0.05, 0) is 19.3 Å². The minimum Gasteiger partial charge on any atom is -0.385 e. The molecule has 0 radical (unpaired) electrons. The van der Waals surface area contributed by atoms with E-state index in [0.717, 1.165) is 17.9 Å². The van der Waals surface area contributed by atoms with Gasteiger partial charge < -0.3 is 5.11 Å². The maximum Gasteiger partial charge on any atom is 0.0901 e. The van der Waals surface area contributed by atoms with Gasteiger partial charge in [-0.15, -0.1) is 0 Å². The van der Waals surface area contributed by atoms with Crippen LogP contribution in [0.5, 0.6) is 0 Å². The summed E-state index contributed by atoms with van der Waals surface area (Å²) in [6, 6.07) is 0. The molecule has 2 rings (SSSR count). The molecule has 1 aliphatic rings. The Morgan fingerprint density at radius 3 is 2.85 bits per heavy atom. The van der Waals surface area contributed by atoms with Crippen LogP contribution in [0.25, 0.3) is 0 Å². The highest BCUT2D eigenvalue weighted by molar-refractivity contribution is 5.14. The van der Waals surface area contributed by atoms with E-state index >= 15 is 0 Å². The van der Waals surface area contributed by atoms with Gasteiger partial charge >= 0.3 is 0 Å². The molecule has 0 amide bonds. The molecular formula is C10H16N2O. The van der Waals surface area contributed by atoms with E-state index < -0.39 is 5.60 Å². The Kier molecular flexibility index (Phi) is 1.91. The number of aryl methyl sites for hydroxylation is 1. The summed E-state index contributed by atoms with van der Waals surface area (Å²) in [4.78, 5) is 0. The zero-order chi connectivity index (χ0) is 9.47. The fourth-order valence-corrected chi connectivity index (χ4v) is 1.70. The van der Waals surface area contributed by atoms with Crippen LogP contribution in [-0.4, -0.2) is 14.9 Å². The van der Waals surface area contributed by atoms with Gasteiger partial charge in [0, 0.05) is 18.8 Å². The summed E-state index contributed by atoms with van der Waals surface area (Å²) in [5.74, 6) is 0.732. The van der Waals surface area contributed by atoms with Crippen LogP contribution in [0, 0.1) is 5.92 Å². The Bertz CT molecular complexity index is 300. The van der Waals surface area contributed by atoms with Crippen molar-refractivity contribution in [1.29, 1.82) is 0 Å². The summed E-state index contributed by atoms with van der Waals surface area (Å²) >= 11 is 0. The van der Waals surface area contributed by atoms with Gasteiger partial charge in [-0.25, -0.2) is 0 Å². The van der Waals surface area contributed by atoms with Gasteiger partial charge in [0.25, 0.3) is 0 Å². The zero-order valence-electron chi connectivity index (χ0n) is 8.20. The molecule has 1 atom stereocenters. The Balaban J connectivity index is 2.12. The van der Waals surface area contributed by atoms with Gasteiger partial charge in [-0.2, -0.15) is 5.10 Å². The van der Waals surface area contributed by atoms with Crippen molar-refractivity contribution in [3.05, 3.63) is 18.0 Å². The van der Waals surface area contributed by atoms with Crippen molar-refractivity contribution in [3.63, 3.8) is 0 Å². The fraction of sp³-hybridized carbons (Fsp3) is 0.700. The number of nitrogens with zero attached hydrogens (tertiary/aromatic N) is 2. The summed E-state index contributed by atoms with van der Waals surface area (Å²) in [5.41, 5.74) is 0.247. The lowest BCUT2D eigenvalue weighted by atomic mass is 9.93. The highest BCUT2D eigenvalue weighted by Gasteiger charge is 2.33. The summed E-state index contributed by atoms with van der Waals surface area (Å²) in [5, 5.41) is 14.2. The average molecular weight is 180 g/mol. The number of rotatable bonds is 3. The monoisotopic (exact) mass is 180 g/mol. The minimum atomic E-state index is -0.685. The van der Waals surface area contributed by atoms with Gasteiger partial charge in [0.2, 0.25) is 0 Å². The lowest BCUT2D eigenvalue weighted by Gasteiger charge is -2.21. The number of hydrogen-bond acceptors (Lipinski definition) is 2. The molecule has 1 heterocycles. The predicted molar refractivity (Wildman–Crippen MR) is 50.1 cm³/mol. The topological polar surface area (TPSA) is 38.0 Å². The first-order valence-corrected chi connectivity index (χ1v) is 4.79.